The number of rotatable bonds is 6. The molecule has 1 aromatic carbocycles. The quantitative estimate of drug-likeness (QED) is 0.735. The topological polar surface area (TPSA) is 81.8 Å². The van der Waals surface area contributed by atoms with Gasteiger partial charge in [0.25, 0.3) is 5.56 Å². The Balaban J connectivity index is 1.87. The van der Waals surface area contributed by atoms with Gasteiger partial charge in [-0.3, -0.25) is 14.2 Å². The zero-order valence-electron chi connectivity index (χ0n) is 15.3. The third kappa shape index (κ3) is 3.66. The summed E-state index contributed by atoms with van der Waals surface area (Å²) in [4.78, 5) is 29.3. The molecule has 2 heterocycles. The van der Waals surface area contributed by atoms with E-state index < -0.39 is 0 Å². The lowest BCUT2D eigenvalue weighted by Gasteiger charge is -2.11. The second-order valence-corrected chi connectivity index (χ2v) is 6.69. The van der Waals surface area contributed by atoms with Crippen LogP contribution in [0.1, 0.15) is 26.1 Å². The minimum absolute atomic E-state index is 0.0647. The molecular weight excluding hydrogens is 330 g/mol. The van der Waals surface area contributed by atoms with Crippen molar-refractivity contribution < 1.29 is 4.79 Å². The molecule has 0 aliphatic rings. The maximum absolute atomic E-state index is 12.8. The summed E-state index contributed by atoms with van der Waals surface area (Å²) in [7, 11) is 0. The summed E-state index contributed by atoms with van der Waals surface area (Å²) >= 11 is 0. The van der Waals surface area contributed by atoms with Gasteiger partial charge in [0.1, 0.15) is 11.2 Å². The van der Waals surface area contributed by atoms with Crippen LogP contribution in [0, 0.1) is 12.8 Å². The monoisotopic (exact) mass is 353 g/mol. The average Bonchev–Trinajstić information content (AvgIpc) is 3.04. The van der Waals surface area contributed by atoms with Gasteiger partial charge in [-0.05, 0) is 25.0 Å². The fourth-order valence-electron chi connectivity index (χ4n) is 2.75. The second-order valence-electron chi connectivity index (χ2n) is 6.69. The van der Waals surface area contributed by atoms with Crippen LogP contribution in [0.25, 0.3) is 16.7 Å². The molecule has 0 aliphatic heterocycles. The van der Waals surface area contributed by atoms with Crippen LogP contribution in [0.2, 0.25) is 0 Å². The first-order chi connectivity index (χ1) is 12.5. The van der Waals surface area contributed by atoms with E-state index in [1.54, 1.807) is 11.6 Å². The second kappa shape index (κ2) is 7.51. The Kier molecular flexibility index (Phi) is 5.16. The molecule has 26 heavy (non-hydrogen) atoms. The molecule has 0 spiro atoms. The van der Waals surface area contributed by atoms with Crippen LogP contribution in [0.15, 0.2) is 41.3 Å². The van der Waals surface area contributed by atoms with Gasteiger partial charge in [-0.25, -0.2) is 9.67 Å². The maximum Gasteiger partial charge on any atom is 0.264 e. The van der Waals surface area contributed by atoms with Crippen LogP contribution >= 0.6 is 0 Å². The summed E-state index contributed by atoms with van der Waals surface area (Å²) < 4.78 is 3.19. The number of aryl methyl sites for hydroxylation is 1. The molecule has 136 valence electrons. The molecule has 0 atom stereocenters. The predicted molar refractivity (Wildman–Crippen MR) is 100 cm³/mol. The van der Waals surface area contributed by atoms with Crippen molar-refractivity contribution in [1.82, 2.24) is 24.6 Å². The Hall–Kier alpha value is -2.96. The van der Waals surface area contributed by atoms with Crippen molar-refractivity contribution in [1.29, 1.82) is 0 Å². The van der Waals surface area contributed by atoms with Crippen LogP contribution in [-0.2, 0) is 11.3 Å². The lowest BCUT2D eigenvalue weighted by Crippen LogP contribution is -2.31. The largest absolute Gasteiger partial charge is 0.356 e. The van der Waals surface area contributed by atoms with Gasteiger partial charge in [0, 0.05) is 19.5 Å². The highest BCUT2D eigenvalue weighted by molar-refractivity contribution is 5.76. The molecule has 7 nitrogen and oxygen atoms in total. The van der Waals surface area contributed by atoms with E-state index in [-0.39, 0.29) is 17.9 Å². The van der Waals surface area contributed by atoms with Gasteiger partial charge >= 0.3 is 0 Å². The van der Waals surface area contributed by atoms with E-state index in [9.17, 15) is 9.59 Å². The minimum Gasteiger partial charge on any atom is -0.356 e. The van der Waals surface area contributed by atoms with Crippen molar-refractivity contribution in [2.75, 3.05) is 6.54 Å². The van der Waals surface area contributed by atoms with E-state index in [2.05, 4.69) is 15.4 Å². The fourth-order valence-corrected chi connectivity index (χ4v) is 2.75. The molecule has 0 saturated heterocycles. The number of fused-ring (bicyclic) bond motifs is 1. The summed E-state index contributed by atoms with van der Waals surface area (Å²) in [6, 6.07) is 9.56. The number of aromatic nitrogens is 4. The predicted octanol–water partition coefficient (Wildman–Crippen LogP) is 2.05. The fraction of sp³-hybridized carbons (Fsp3) is 0.368. The first-order valence-electron chi connectivity index (χ1n) is 8.74. The number of carbonyl (C=O) groups is 1. The highest BCUT2D eigenvalue weighted by Gasteiger charge is 2.14. The first-order valence-corrected chi connectivity index (χ1v) is 8.74. The van der Waals surface area contributed by atoms with Crippen LogP contribution in [0.4, 0.5) is 0 Å². The number of carbonyl (C=O) groups excluding carboxylic acids is 1. The Morgan fingerprint density at radius 3 is 2.65 bits per heavy atom. The molecule has 0 fully saturated rings. The molecule has 3 rings (SSSR count). The molecule has 0 aliphatic carbocycles. The van der Waals surface area contributed by atoms with Crippen molar-refractivity contribution >= 4 is 16.9 Å². The smallest absolute Gasteiger partial charge is 0.264 e. The van der Waals surface area contributed by atoms with Crippen molar-refractivity contribution in [3.05, 3.63) is 52.7 Å². The molecular formula is C19H23N5O2. The van der Waals surface area contributed by atoms with Crippen molar-refractivity contribution in [3.8, 4) is 5.69 Å². The Morgan fingerprint density at radius 2 is 1.96 bits per heavy atom. The zero-order valence-corrected chi connectivity index (χ0v) is 15.3. The summed E-state index contributed by atoms with van der Waals surface area (Å²) in [6.07, 6.45) is 1.78. The molecule has 0 bridgehead atoms. The van der Waals surface area contributed by atoms with Crippen molar-refractivity contribution in [3.63, 3.8) is 0 Å². The molecule has 7 heteroatoms. The SMILES string of the molecule is Cc1nc2c(cnn2-c2ccccc2)c(=O)n1CCC(=O)NCC(C)C. The molecule has 0 saturated carbocycles. The summed E-state index contributed by atoms with van der Waals surface area (Å²) in [5.41, 5.74) is 1.20. The Bertz CT molecular complexity index is 973. The number of hydrogen-bond acceptors (Lipinski definition) is 4. The third-order valence-electron chi connectivity index (χ3n) is 4.15. The highest BCUT2D eigenvalue weighted by Crippen LogP contribution is 2.14. The van der Waals surface area contributed by atoms with Crippen LogP contribution < -0.4 is 10.9 Å². The zero-order chi connectivity index (χ0) is 18.7. The number of para-hydroxylation sites is 1. The lowest BCUT2D eigenvalue weighted by molar-refractivity contribution is -0.121. The molecule has 0 radical (unpaired) electrons. The van der Waals surface area contributed by atoms with Crippen LogP contribution in [-0.4, -0.2) is 31.8 Å². The van der Waals surface area contributed by atoms with Crippen molar-refractivity contribution in [2.24, 2.45) is 5.92 Å². The molecule has 1 amide bonds. The van der Waals surface area contributed by atoms with Gasteiger partial charge in [0.15, 0.2) is 5.65 Å². The normalized spacial score (nSPS) is 11.2. The number of amides is 1. The summed E-state index contributed by atoms with van der Waals surface area (Å²) in [6.45, 7) is 6.78. The number of nitrogens with one attached hydrogen (secondary N) is 1. The summed E-state index contributed by atoms with van der Waals surface area (Å²) in [5.74, 6) is 0.896. The Labute approximate surface area is 151 Å². The molecule has 3 aromatic rings. The van der Waals surface area contributed by atoms with Gasteiger partial charge < -0.3 is 5.32 Å². The number of benzene rings is 1. The first kappa shape index (κ1) is 17.8. The van der Waals surface area contributed by atoms with Crippen LogP contribution in [0.3, 0.4) is 0 Å². The van der Waals surface area contributed by atoms with Gasteiger partial charge in [-0.1, -0.05) is 32.0 Å². The molecule has 2 aromatic heterocycles. The van der Waals surface area contributed by atoms with E-state index in [1.165, 1.54) is 10.8 Å². The summed E-state index contributed by atoms with van der Waals surface area (Å²) in [5, 5.41) is 7.62. The number of hydrogen-bond donors (Lipinski definition) is 1. The van der Waals surface area contributed by atoms with E-state index in [1.807, 2.05) is 44.2 Å². The maximum atomic E-state index is 12.8. The highest BCUT2D eigenvalue weighted by atomic mass is 16.1. The van der Waals surface area contributed by atoms with E-state index in [0.29, 0.717) is 35.9 Å². The van der Waals surface area contributed by atoms with Gasteiger partial charge in [-0.15, -0.1) is 0 Å². The molecule has 1 N–H and O–H groups in total. The van der Waals surface area contributed by atoms with E-state index in [0.717, 1.165) is 5.69 Å². The van der Waals surface area contributed by atoms with Gasteiger partial charge in [0.05, 0.1) is 11.9 Å². The third-order valence-corrected chi connectivity index (χ3v) is 4.15. The van der Waals surface area contributed by atoms with Gasteiger partial charge in [0.2, 0.25) is 5.91 Å². The minimum atomic E-state index is -0.175. The molecule has 0 unspecified atom stereocenters. The van der Waals surface area contributed by atoms with E-state index in [4.69, 9.17) is 0 Å². The number of nitrogens with zero attached hydrogens (tertiary/aromatic N) is 4. The standard InChI is InChI=1S/C19H23N5O2/c1-13(2)11-20-17(25)9-10-23-14(3)22-18-16(19(23)26)12-21-24(18)15-7-5-4-6-8-15/h4-8,12-13H,9-11H2,1-3H3,(H,20,25). The Morgan fingerprint density at radius 1 is 1.23 bits per heavy atom. The van der Waals surface area contributed by atoms with Crippen LogP contribution in [0.5, 0.6) is 0 Å². The lowest BCUT2D eigenvalue weighted by atomic mass is 10.2. The van der Waals surface area contributed by atoms with E-state index >= 15 is 0 Å². The van der Waals surface area contributed by atoms with Crippen molar-refractivity contribution in [2.45, 2.75) is 33.7 Å². The average molecular weight is 353 g/mol. The van der Waals surface area contributed by atoms with Gasteiger partial charge in [-0.2, -0.15) is 5.10 Å².